The molecule has 8 nitrogen and oxygen atoms in total. The first-order chi connectivity index (χ1) is 16.5. The number of carbonyl (C=O) groups is 1. The maximum atomic E-state index is 12.8. The molecule has 34 heavy (non-hydrogen) atoms. The van der Waals surface area contributed by atoms with Crippen LogP contribution in [-0.2, 0) is 13.1 Å². The standard InChI is InChI=1S/C26H28N4O4/c1-17(2)34-23-8-6-5-7-18(23)13-28-26(31)21-11-20-15-29-30(25(20)27-14-21)16-19-9-10-22(32-3)12-24(19)33-4/h5-12,14-15,17H,13,16H2,1-4H3,(H,28,31). The second kappa shape index (κ2) is 10.2. The van der Waals surface area contributed by atoms with E-state index in [1.54, 1.807) is 37.4 Å². The van der Waals surface area contributed by atoms with E-state index in [4.69, 9.17) is 14.2 Å². The molecule has 0 saturated heterocycles. The third-order valence-corrected chi connectivity index (χ3v) is 5.33. The van der Waals surface area contributed by atoms with Crippen molar-refractivity contribution >= 4 is 16.9 Å². The number of para-hydroxylation sites is 1. The monoisotopic (exact) mass is 460 g/mol. The van der Waals surface area contributed by atoms with Gasteiger partial charge in [0.25, 0.3) is 5.91 Å². The highest BCUT2D eigenvalue weighted by atomic mass is 16.5. The van der Waals surface area contributed by atoms with Gasteiger partial charge in [0.2, 0.25) is 0 Å². The van der Waals surface area contributed by atoms with Gasteiger partial charge in [-0.3, -0.25) is 4.79 Å². The summed E-state index contributed by atoms with van der Waals surface area (Å²) >= 11 is 0. The average Bonchev–Trinajstić information content (AvgIpc) is 3.25. The third-order valence-electron chi connectivity index (χ3n) is 5.33. The molecule has 0 unspecified atom stereocenters. The molecule has 1 N–H and O–H groups in total. The van der Waals surface area contributed by atoms with Crippen molar-refractivity contribution in [2.24, 2.45) is 0 Å². The number of aromatic nitrogens is 3. The molecule has 0 aliphatic heterocycles. The quantitative estimate of drug-likeness (QED) is 0.403. The highest BCUT2D eigenvalue weighted by Gasteiger charge is 2.14. The Morgan fingerprint density at radius 1 is 1.00 bits per heavy atom. The molecule has 0 radical (unpaired) electrons. The van der Waals surface area contributed by atoms with Gasteiger partial charge in [-0.2, -0.15) is 5.10 Å². The van der Waals surface area contributed by atoms with Crippen molar-refractivity contribution in [1.82, 2.24) is 20.1 Å². The van der Waals surface area contributed by atoms with Crippen LogP contribution in [0, 0.1) is 0 Å². The number of ether oxygens (including phenoxy) is 3. The van der Waals surface area contributed by atoms with E-state index in [9.17, 15) is 4.79 Å². The summed E-state index contributed by atoms with van der Waals surface area (Å²) in [6.07, 6.45) is 3.33. The van der Waals surface area contributed by atoms with Crippen LogP contribution in [0.25, 0.3) is 11.0 Å². The number of hydrogen-bond acceptors (Lipinski definition) is 6. The van der Waals surface area contributed by atoms with Crippen molar-refractivity contribution < 1.29 is 19.0 Å². The van der Waals surface area contributed by atoms with Crippen molar-refractivity contribution in [2.45, 2.75) is 33.0 Å². The van der Waals surface area contributed by atoms with Crippen molar-refractivity contribution in [2.75, 3.05) is 14.2 Å². The zero-order valence-corrected chi connectivity index (χ0v) is 19.7. The van der Waals surface area contributed by atoms with Gasteiger partial charge < -0.3 is 19.5 Å². The summed E-state index contributed by atoms with van der Waals surface area (Å²) < 4.78 is 18.4. The summed E-state index contributed by atoms with van der Waals surface area (Å²) in [7, 11) is 3.24. The fraction of sp³-hybridized carbons (Fsp3) is 0.269. The fourth-order valence-electron chi connectivity index (χ4n) is 3.65. The molecule has 0 atom stereocenters. The number of rotatable bonds is 9. The predicted octanol–water partition coefficient (Wildman–Crippen LogP) is 4.21. The van der Waals surface area contributed by atoms with Crippen LogP contribution in [0.5, 0.6) is 17.2 Å². The number of carbonyl (C=O) groups excluding carboxylic acids is 1. The minimum absolute atomic E-state index is 0.0536. The Balaban J connectivity index is 1.49. The number of amides is 1. The summed E-state index contributed by atoms with van der Waals surface area (Å²) in [6, 6.07) is 15.1. The van der Waals surface area contributed by atoms with Crippen LogP contribution in [0.3, 0.4) is 0 Å². The molecule has 176 valence electrons. The van der Waals surface area contributed by atoms with Crippen molar-refractivity contribution in [3.8, 4) is 17.2 Å². The highest BCUT2D eigenvalue weighted by molar-refractivity contribution is 5.96. The summed E-state index contributed by atoms with van der Waals surface area (Å²) in [6.45, 7) is 4.78. The number of nitrogens with one attached hydrogen (secondary N) is 1. The topological polar surface area (TPSA) is 87.5 Å². The maximum Gasteiger partial charge on any atom is 0.253 e. The summed E-state index contributed by atoms with van der Waals surface area (Å²) in [5, 5.41) is 8.19. The number of pyridine rings is 1. The Bertz CT molecular complexity index is 1300. The van der Waals surface area contributed by atoms with Gasteiger partial charge in [0, 0.05) is 35.3 Å². The zero-order chi connectivity index (χ0) is 24.1. The molecule has 2 aromatic carbocycles. The van der Waals surface area contributed by atoms with E-state index in [1.807, 2.05) is 56.3 Å². The van der Waals surface area contributed by atoms with E-state index in [0.717, 1.165) is 28.0 Å². The number of benzene rings is 2. The Hall–Kier alpha value is -4.07. The first kappa shape index (κ1) is 23.1. The lowest BCUT2D eigenvalue weighted by molar-refractivity contribution is 0.0950. The Morgan fingerprint density at radius 2 is 1.82 bits per heavy atom. The van der Waals surface area contributed by atoms with E-state index in [1.165, 1.54) is 0 Å². The lowest BCUT2D eigenvalue weighted by atomic mass is 10.1. The Morgan fingerprint density at radius 3 is 2.59 bits per heavy atom. The van der Waals surface area contributed by atoms with Gasteiger partial charge in [0.05, 0.1) is 38.6 Å². The van der Waals surface area contributed by atoms with Crippen LogP contribution in [0.1, 0.15) is 35.3 Å². The average molecular weight is 461 g/mol. The molecule has 8 heteroatoms. The summed E-state index contributed by atoms with van der Waals surface area (Å²) in [5.41, 5.74) is 3.01. The molecule has 4 rings (SSSR count). The van der Waals surface area contributed by atoms with Gasteiger partial charge in [0.15, 0.2) is 5.65 Å². The first-order valence-electron chi connectivity index (χ1n) is 11.0. The van der Waals surface area contributed by atoms with Crippen LogP contribution >= 0.6 is 0 Å². The fourth-order valence-corrected chi connectivity index (χ4v) is 3.65. The van der Waals surface area contributed by atoms with E-state index in [-0.39, 0.29) is 12.0 Å². The minimum atomic E-state index is -0.210. The minimum Gasteiger partial charge on any atom is -0.497 e. The Kier molecular flexibility index (Phi) is 6.96. The highest BCUT2D eigenvalue weighted by Crippen LogP contribution is 2.26. The predicted molar refractivity (Wildman–Crippen MR) is 130 cm³/mol. The summed E-state index contributed by atoms with van der Waals surface area (Å²) in [4.78, 5) is 17.3. The van der Waals surface area contributed by atoms with Crippen LogP contribution in [-0.4, -0.2) is 41.0 Å². The molecule has 0 aliphatic carbocycles. The first-order valence-corrected chi connectivity index (χ1v) is 11.0. The second-order valence-electron chi connectivity index (χ2n) is 8.07. The number of nitrogens with zero attached hydrogens (tertiary/aromatic N) is 3. The van der Waals surface area contributed by atoms with Crippen molar-refractivity contribution in [3.05, 3.63) is 77.6 Å². The molecule has 0 aliphatic rings. The maximum absolute atomic E-state index is 12.8. The number of methoxy groups -OCH3 is 2. The van der Waals surface area contributed by atoms with Crippen molar-refractivity contribution in [1.29, 1.82) is 0 Å². The van der Waals surface area contributed by atoms with E-state index < -0.39 is 0 Å². The molecule has 4 aromatic rings. The van der Waals surface area contributed by atoms with Gasteiger partial charge >= 0.3 is 0 Å². The molecule has 0 bridgehead atoms. The molecule has 1 amide bonds. The number of hydrogen-bond donors (Lipinski definition) is 1. The number of fused-ring (bicyclic) bond motifs is 1. The van der Waals surface area contributed by atoms with E-state index in [0.29, 0.717) is 30.0 Å². The normalized spacial score (nSPS) is 11.0. The summed E-state index contributed by atoms with van der Waals surface area (Å²) in [5.74, 6) is 1.98. The SMILES string of the molecule is COc1ccc(Cn2ncc3cc(C(=O)NCc4ccccc4OC(C)C)cnc32)c(OC)c1. The van der Waals surface area contributed by atoms with Gasteiger partial charge in [-0.25, -0.2) is 9.67 Å². The molecule has 0 saturated carbocycles. The molecule has 2 aromatic heterocycles. The third kappa shape index (κ3) is 5.11. The Labute approximate surface area is 198 Å². The smallest absolute Gasteiger partial charge is 0.253 e. The largest absolute Gasteiger partial charge is 0.497 e. The van der Waals surface area contributed by atoms with E-state index >= 15 is 0 Å². The van der Waals surface area contributed by atoms with Gasteiger partial charge in [0.1, 0.15) is 17.2 Å². The molecule has 0 fully saturated rings. The van der Waals surface area contributed by atoms with Crippen LogP contribution in [0.2, 0.25) is 0 Å². The molecular weight excluding hydrogens is 432 g/mol. The van der Waals surface area contributed by atoms with Crippen LogP contribution in [0.4, 0.5) is 0 Å². The van der Waals surface area contributed by atoms with Gasteiger partial charge in [-0.15, -0.1) is 0 Å². The van der Waals surface area contributed by atoms with Crippen LogP contribution < -0.4 is 19.5 Å². The van der Waals surface area contributed by atoms with Crippen LogP contribution in [0.15, 0.2) is 60.9 Å². The van der Waals surface area contributed by atoms with E-state index in [2.05, 4.69) is 15.4 Å². The van der Waals surface area contributed by atoms with Gasteiger partial charge in [-0.1, -0.05) is 18.2 Å². The zero-order valence-electron chi connectivity index (χ0n) is 19.7. The molecule has 2 heterocycles. The lowest BCUT2D eigenvalue weighted by Gasteiger charge is -2.14. The molecular formula is C26H28N4O4. The lowest BCUT2D eigenvalue weighted by Crippen LogP contribution is -2.23. The molecule has 0 spiro atoms. The van der Waals surface area contributed by atoms with Crippen molar-refractivity contribution in [3.63, 3.8) is 0 Å². The van der Waals surface area contributed by atoms with Gasteiger partial charge in [-0.05, 0) is 38.1 Å². The second-order valence-corrected chi connectivity index (χ2v) is 8.07.